The minimum Gasteiger partial charge on any atom is -0.316 e. The van der Waals surface area contributed by atoms with Crippen LogP contribution in [-0.4, -0.2) is 26.2 Å². The second-order valence-corrected chi connectivity index (χ2v) is 6.97. The van der Waals surface area contributed by atoms with E-state index >= 15 is 0 Å². The van der Waals surface area contributed by atoms with Gasteiger partial charge in [-0.2, -0.15) is 0 Å². The fraction of sp³-hybridized carbons (Fsp3) is 1.00. The number of hydrogen-bond donors (Lipinski definition) is 2. The van der Waals surface area contributed by atoms with E-state index in [-0.39, 0.29) is 0 Å². The zero-order valence-corrected chi connectivity index (χ0v) is 11.9. The van der Waals surface area contributed by atoms with Gasteiger partial charge < -0.3 is 10.6 Å². The molecule has 0 spiro atoms. The molecule has 3 unspecified atom stereocenters. The van der Waals surface area contributed by atoms with Gasteiger partial charge in [0.1, 0.15) is 0 Å². The van der Waals surface area contributed by atoms with E-state index in [0.717, 1.165) is 17.8 Å². The van der Waals surface area contributed by atoms with Crippen molar-refractivity contribution in [2.75, 3.05) is 26.2 Å². The van der Waals surface area contributed by atoms with Gasteiger partial charge in [-0.15, -0.1) is 0 Å². The molecule has 1 aliphatic heterocycles. The molecule has 1 aliphatic carbocycles. The van der Waals surface area contributed by atoms with E-state index in [1.54, 1.807) is 0 Å². The van der Waals surface area contributed by atoms with Gasteiger partial charge in [-0.25, -0.2) is 0 Å². The first kappa shape index (κ1) is 13.4. The summed E-state index contributed by atoms with van der Waals surface area (Å²) >= 11 is 0. The summed E-state index contributed by atoms with van der Waals surface area (Å²) in [6, 6.07) is 0. The minimum atomic E-state index is 0.631. The summed E-state index contributed by atoms with van der Waals surface area (Å²) in [6.07, 6.45) is 5.57. The molecule has 0 radical (unpaired) electrons. The highest BCUT2D eigenvalue weighted by Gasteiger charge is 2.44. The van der Waals surface area contributed by atoms with Crippen LogP contribution in [0.5, 0.6) is 0 Å². The van der Waals surface area contributed by atoms with E-state index < -0.39 is 0 Å². The Balaban J connectivity index is 1.52. The van der Waals surface area contributed by atoms with E-state index in [2.05, 4.69) is 31.4 Å². The van der Waals surface area contributed by atoms with Gasteiger partial charge in [0, 0.05) is 0 Å². The largest absolute Gasteiger partial charge is 0.316 e. The summed E-state index contributed by atoms with van der Waals surface area (Å²) < 4.78 is 0. The van der Waals surface area contributed by atoms with Crippen LogP contribution in [0, 0.1) is 23.2 Å². The lowest BCUT2D eigenvalue weighted by Crippen LogP contribution is -2.34. The quantitative estimate of drug-likeness (QED) is 0.695. The molecule has 2 N–H and O–H groups in total. The van der Waals surface area contributed by atoms with Crippen LogP contribution in [0.1, 0.15) is 46.5 Å². The van der Waals surface area contributed by atoms with Crippen LogP contribution >= 0.6 is 0 Å². The van der Waals surface area contributed by atoms with Crippen LogP contribution in [0.2, 0.25) is 0 Å². The number of rotatable bonds is 6. The predicted molar refractivity (Wildman–Crippen MR) is 74.1 cm³/mol. The summed E-state index contributed by atoms with van der Waals surface area (Å²) in [7, 11) is 0. The molecule has 1 saturated carbocycles. The lowest BCUT2D eigenvalue weighted by atomic mass is 9.85. The molecule has 0 aromatic rings. The van der Waals surface area contributed by atoms with Gasteiger partial charge in [0.2, 0.25) is 0 Å². The first-order chi connectivity index (χ1) is 8.09. The molecule has 17 heavy (non-hydrogen) atoms. The lowest BCUT2D eigenvalue weighted by Gasteiger charge is -2.28. The Morgan fingerprint density at radius 2 is 2.18 bits per heavy atom. The lowest BCUT2D eigenvalue weighted by molar-refractivity contribution is 0.265. The summed E-state index contributed by atoms with van der Waals surface area (Å²) in [4.78, 5) is 0. The van der Waals surface area contributed by atoms with E-state index in [1.165, 1.54) is 51.9 Å². The molecule has 2 nitrogen and oxygen atoms in total. The van der Waals surface area contributed by atoms with Crippen molar-refractivity contribution < 1.29 is 0 Å². The first-order valence-electron chi connectivity index (χ1n) is 7.51. The van der Waals surface area contributed by atoms with Crippen molar-refractivity contribution in [2.45, 2.75) is 46.5 Å². The molecule has 0 aromatic heterocycles. The molecule has 0 bridgehead atoms. The third kappa shape index (κ3) is 3.96. The maximum Gasteiger partial charge on any atom is -0.00152 e. The third-order valence-electron chi connectivity index (χ3n) is 5.02. The van der Waals surface area contributed by atoms with Crippen molar-refractivity contribution in [3.05, 3.63) is 0 Å². The van der Waals surface area contributed by atoms with Gasteiger partial charge >= 0.3 is 0 Å². The second kappa shape index (κ2) is 5.71. The molecule has 2 rings (SSSR count). The molecule has 3 atom stereocenters. The highest BCUT2D eigenvalue weighted by atomic mass is 14.9. The topological polar surface area (TPSA) is 24.1 Å². The van der Waals surface area contributed by atoms with Crippen LogP contribution in [-0.2, 0) is 0 Å². The Hall–Kier alpha value is -0.0800. The molecule has 2 heteroatoms. The summed E-state index contributed by atoms with van der Waals surface area (Å²) in [6.45, 7) is 12.1. The van der Waals surface area contributed by atoms with Gasteiger partial charge in [0.05, 0.1) is 0 Å². The second-order valence-electron chi connectivity index (χ2n) is 6.97. The smallest absolute Gasteiger partial charge is 0.00152 e. The number of piperidine rings is 1. The molecule has 0 amide bonds. The van der Waals surface area contributed by atoms with Gasteiger partial charge in [-0.05, 0) is 75.0 Å². The van der Waals surface area contributed by atoms with Gasteiger partial charge in [0.25, 0.3) is 0 Å². The average molecular weight is 238 g/mol. The van der Waals surface area contributed by atoms with Crippen LogP contribution < -0.4 is 10.6 Å². The number of hydrogen-bond acceptors (Lipinski definition) is 2. The van der Waals surface area contributed by atoms with E-state index in [1.807, 2.05) is 0 Å². The van der Waals surface area contributed by atoms with Crippen molar-refractivity contribution in [3.8, 4) is 0 Å². The van der Waals surface area contributed by atoms with Gasteiger partial charge in [-0.3, -0.25) is 0 Å². The normalized spacial score (nSPS) is 33.4. The van der Waals surface area contributed by atoms with Crippen molar-refractivity contribution in [3.63, 3.8) is 0 Å². The van der Waals surface area contributed by atoms with Crippen LogP contribution in [0.25, 0.3) is 0 Å². The van der Waals surface area contributed by atoms with Gasteiger partial charge in [0.15, 0.2) is 0 Å². The Morgan fingerprint density at radius 3 is 2.76 bits per heavy atom. The summed E-state index contributed by atoms with van der Waals surface area (Å²) in [5, 5.41) is 7.18. The highest BCUT2D eigenvalue weighted by Crippen LogP contribution is 2.50. The van der Waals surface area contributed by atoms with E-state index in [4.69, 9.17) is 0 Å². The summed E-state index contributed by atoms with van der Waals surface area (Å²) in [5.74, 6) is 2.74. The van der Waals surface area contributed by atoms with Crippen molar-refractivity contribution >= 4 is 0 Å². The zero-order valence-electron chi connectivity index (χ0n) is 11.9. The molecule has 2 fully saturated rings. The Labute approximate surface area is 107 Å². The van der Waals surface area contributed by atoms with Crippen molar-refractivity contribution in [1.82, 2.24) is 10.6 Å². The number of nitrogens with one attached hydrogen (secondary N) is 2. The van der Waals surface area contributed by atoms with Gasteiger partial charge in [-0.1, -0.05) is 20.8 Å². The average Bonchev–Trinajstić information content (AvgIpc) is 2.93. The van der Waals surface area contributed by atoms with Crippen molar-refractivity contribution in [1.29, 1.82) is 0 Å². The first-order valence-corrected chi connectivity index (χ1v) is 7.51. The maximum atomic E-state index is 3.65. The van der Waals surface area contributed by atoms with E-state index in [9.17, 15) is 0 Å². The van der Waals surface area contributed by atoms with Crippen molar-refractivity contribution in [2.24, 2.45) is 23.2 Å². The predicted octanol–water partition coefficient (Wildman–Crippen LogP) is 2.65. The summed E-state index contributed by atoms with van der Waals surface area (Å²) in [5.41, 5.74) is 0.631. The molecule has 1 saturated heterocycles. The van der Waals surface area contributed by atoms with Crippen LogP contribution in [0.3, 0.4) is 0 Å². The molecule has 2 aliphatic rings. The standard InChI is InChI=1S/C15H30N2/c1-12(13-5-4-7-16-10-13)6-8-17-11-14-9-15(14,2)3/h12-14,16-17H,4-11H2,1-3H3. The van der Waals surface area contributed by atoms with Crippen LogP contribution in [0.15, 0.2) is 0 Å². The Kier molecular flexibility index (Phi) is 4.48. The molecule has 0 aromatic carbocycles. The van der Waals surface area contributed by atoms with E-state index in [0.29, 0.717) is 5.41 Å². The minimum absolute atomic E-state index is 0.631. The van der Waals surface area contributed by atoms with Crippen LogP contribution in [0.4, 0.5) is 0 Å². The molecular weight excluding hydrogens is 208 g/mol. The Morgan fingerprint density at radius 1 is 1.41 bits per heavy atom. The molecular formula is C15H30N2. The third-order valence-corrected chi connectivity index (χ3v) is 5.02. The fourth-order valence-corrected chi connectivity index (χ4v) is 3.13. The SMILES string of the molecule is CC(CCNCC1CC1(C)C)C1CCCNC1. The molecule has 100 valence electrons. The monoisotopic (exact) mass is 238 g/mol. The fourth-order valence-electron chi connectivity index (χ4n) is 3.13. The zero-order chi connectivity index (χ0) is 12.3. The Bertz CT molecular complexity index is 231. The highest BCUT2D eigenvalue weighted by molar-refractivity contribution is 4.96. The maximum absolute atomic E-state index is 3.65. The molecule has 1 heterocycles.